The number of halogens is 1. The molecule has 3 aromatic rings. The number of rotatable bonds is 4. The standard InChI is InChI=1S/C17H13BrN2O2/c18-16-7-15(9-19-10-16)17(21)20-8-12-1-3-13(4-2-12)14-5-6-22-11-14/h1-7,9-11H,8H2,(H,20,21). The van der Waals surface area contributed by atoms with Gasteiger partial charge in [0.15, 0.2) is 0 Å². The highest BCUT2D eigenvalue weighted by Crippen LogP contribution is 2.20. The monoisotopic (exact) mass is 356 g/mol. The number of benzene rings is 1. The number of carbonyl (C=O) groups is 1. The molecule has 0 spiro atoms. The van der Waals surface area contributed by atoms with E-state index < -0.39 is 0 Å². The summed E-state index contributed by atoms with van der Waals surface area (Å²) in [7, 11) is 0. The molecule has 0 saturated carbocycles. The third-order valence-electron chi connectivity index (χ3n) is 3.23. The summed E-state index contributed by atoms with van der Waals surface area (Å²) in [6.45, 7) is 0.469. The molecule has 0 radical (unpaired) electrons. The molecule has 2 aromatic heterocycles. The molecule has 0 aliphatic carbocycles. The Morgan fingerprint density at radius 1 is 1.14 bits per heavy atom. The molecule has 0 aliphatic rings. The van der Waals surface area contributed by atoms with Gasteiger partial charge in [-0.1, -0.05) is 24.3 Å². The van der Waals surface area contributed by atoms with Gasteiger partial charge in [-0.2, -0.15) is 0 Å². The Morgan fingerprint density at radius 3 is 2.64 bits per heavy atom. The van der Waals surface area contributed by atoms with Gasteiger partial charge in [-0.3, -0.25) is 9.78 Å². The van der Waals surface area contributed by atoms with Crippen molar-refractivity contribution in [3.63, 3.8) is 0 Å². The summed E-state index contributed by atoms with van der Waals surface area (Å²) in [5.74, 6) is -0.146. The lowest BCUT2D eigenvalue weighted by Crippen LogP contribution is -2.22. The van der Waals surface area contributed by atoms with Crippen LogP contribution < -0.4 is 5.32 Å². The Bertz CT molecular complexity index is 768. The molecule has 0 fully saturated rings. The quantitative estimate of drug-likeness (QED) is 0.767. The summed E-state index contributed by atoms with van der Waals surface area (Å²) in [4.78, 5) is 16.0. The molecule has 0 saturated heterocycles. The summed E-state index contributed by atoms with van der Waals surface area (Å²) < 4.78 is 5.85. The second-order valence-corrected chi connectivity index (χ2v) is 5.70. The second kappa shape index (κ2) is 6.58. The molecule has 4 nitrogen and oxygen atoms in total. The highest BCUT2D eigenvalue weighted by molar-refractivity contribution is 9.10. The number of pyridine rings is 1. The zero-order chi connectivity index (χ0) is 15.4. The Morgan fingerprint density at radius 2 is 1.95 bits per heavy atom. The average Bonchev–Trinajstić information content (AvgIpc) is 3.07. The first-order valence-electron chi connectivity index (χ1n) is 6.72. The molecule has 1 aromatic carbocycles. The average molecular weight is 357 g/mol. The van der Waals surface area contributed by atoms with Crippen LogP contribution >= 0.6 is 15.9 Å². The zero-order valence-corrected chi connectivity index (χ0v) is 13.2. The number of hydrogen-bond acceptors (Lipinski definition) is 3. The number of carbonyl (C=O) groups excluding carboxylic acids is 1. The van der Waals surface area contributed by atoms with Crippen LogP contribution in [0.4, 0.5) is 0 Å². The second-order valence-electron chi connectivity index (χ2n) is 4.78. The van der Waals surface area contributed by atoms with Crippen LogP contribution in [-0.2, 0) is 6.54 Å². The smallest absolute Gasteiger partial charge is 0.253 e. The maximum absolute atomic E-state index is 12.0. The number of nitrogens with one attached hydrogen (secondary N) is 1. The molecule has 1 N–H and O–H groups in total. The van der Waals surface area contributed by atoms with Crippen molar-refractivity contribution >= 4 is 21.8 Å². The Balaban J connectivity index is 1.63. The fraction of sp³-hybridized carbons (Fsp3) is 0.0588. The number of amides is 1. The predicted octanol–water partition coefficient (Wildman–Crippen LogP) is 4.03. The first kappa shape index (κ1) is 14.5. The van der Waals surface area contributed by atoms with E-state index in [1.165, 1.54) is 0 Å². The number of hydrogen-bond donors (Lipinski definition) is 1. The van der Waals surface area contributed by atoms with E-state index in [1.54, 1.807) is 31.0 Å². The van der Waals surface area contributed by atoms with Crippen LogP contribution in [-0.4, -0.2) is 10.9 Å². The fourth-order valence-corrected chi connectivity index (χ4v) is 2.43. The van der Waals surface area contributed by atoms with Crippen LogP contribution in [0.5, 0.6) is 0 Å². The molecule has 0 unspecified atom stereocenters. The summed E-state index contributed by atoms with van der Waals surface area (Å²) >= 11 is 3.30. The zero-order valence-electron chi connectivity index (χ0n) is 11.6. The first-order valence-corrected chi connectivity index (χ1v) is 7.52. The predicted molar refractivity (Wildman–Crippen MR) is 87.3 cm³/mol. The normalized spacial score (nSPS) is 10.4. The minimum atomic E-state index is -0.146. The molecule has 1 amide bonds. The third kappa shape index (κ3) is 3.43. The van der Waals surface area contributed by atoms with Gasteiger partial charge in [0.1, 0.15) is 0 Å². The van der Waals surface area contributed by atoms with E-state index in [4.69, 9.17) is 4.42 Å². The molecule has 3 rings (SSSR count). The maximum atomic E-state index is 12.0. The van der Waals surface area contributed by atoms with E-state index in [0.29, 0.717) is 12.1 Å². The summed E-state index contributed by atoms with van der Waals surface area (Å²) in [6.07, 6.45) is 6.54. The minimum absolute atomic E-state index is 0.146. The Hall–Kier alpha value is -2.40. The van der Waals surface area contributed by atoms with Crippen molar-refractivity contribution < 1.29 is 9.21 Å². The molecule has 0 aliphatic heterocycles. The van der Waals surface area contributed by atoms with Gasteiger partial charge in [0.2, 0.25) is 0 Å². The van der Waals surface area contributed by atoms with E-state index in [-0.39, 0.29) is 5.91 Å². The first-order chi connectivity index (χ1) is 10.7. The van der Waals surface area contributed by atoms with Crippen LogP contribution in [0.2, 0.25) is 0 Å². The molecule has 22 heavy (non-hydrogen) atoms. The molecule has 0 bridgehead atoms. The van der Waals surface area contributed by atoms with Crippen molar-refractivity contribution in [3.05, 3.63) is 76.9 Å². The van der Waals surface area contributed by atoms with Gasteiger partial charge in [0.05, 0.1) is 18.1 Å². The van der Waals surface area contributed by atoms with Gasteiger partial charge < -0.3 is 9.73 Å². The summed E-state index contributed by atoms with van der Waals surface area (Å²) in [5.41, 5.74) is 3.68. The van der Waals surface area contributed by atoms with Crippen molar-refractivity contribution in [2.75, 3.05) is 0 Å². The largest absolute Gasteiger partial charge is 0.472 e. The van der Waals surface area contributed by atoms with Crippen LogP contribution in [0.3, 0.4) is 0 Å². The molecule has 110 valence electrons. The molecule has 0 atom stereocenters. The van der Waals surface area contributed by atoms with E-state index in [2.05, 4.69) is 26.2 Å². The van der Waals surface area contributed by atoms with Gasteiger partial charge in [-0.05, 0) is 39.2 Å². The van der Waals surface area contributed by atoms with Gasteiger partial charge >= 0.3 is 0 Å². The van der Waals surface area contributed by atoms with Crippen LogP contribution in [0.25, 0.3) is 11.1 Å². The van der Waals surface area contributed by atoms with Crippen molar-refractivity contribution in [2.45, 2.75) is 6.54 Å². The number of aromatic nitrogens is 1. The lowest BCUT2D eigenvalue weighted by Gasteiger charge is -2.06. The topological polar surface area (TPSA) is 55.1 Å². The van der Waals surface area contributed by atoms with Gasteiger partial charge in [0.25, 0.3) is 5.91 Å². The van der Waals surface area contributed by atoms with Gasteiger partial charge in [0, 0.05) is 29.0 Å². The maximum Gasteiger partial charge on any atom is 0.253 e. The van der Waals surface area contributed by atoms with E-state index in [0.717, 1.165) is 21.2 Å². The third-order valence-corrected chi connectivity index (χ3v) is 3.66. The van der Waals surface area contributed by atoms with Crippen LogP contribution in [0.15, 0.2) is 70.2 Å². The van der Waals surface area contributed by atoms with Crippen molar-refractivity contribution in [1.29, 1.82) is 0 Å². The van der Waals surface area contributed by atoms with Crippen molar-refractivity contribution in [2.24, 2.45) is 0 Å². The summed E-state index contributed by atoms with van der Waals surface area (Å²) in [6, 6.07) is 11.6. The highest BCUT2D eigenvalue weighted by Gasteiger charge is 2.06. The van der Waals surface area contributed by atoms with Crippen LogP contribution in [0.1, 0.15) is 15.9 Å². The minimum Gasteiger partial charge on any atom is -0.472 e. The fourth-order valence-electron chi connectivity index (χ4n) is 2.06. The molecule has 2 heterocycles. The molecular formula is C17H13BrN2O2. The van der Waals surface area contributed by atoms with E-state index >= 15 is 0 Å². The van der Waals surface area contributed by atoms with Crippen LogP contribution in [0, 0.1) is 0 Å². The Kier molecular flexibility index (Phi) is 4.34. The lowest BCUT2D eigenvalue weighted by molar-refractivity contribution is 0.0950. The Labute approximate surface area is 136 Å². The van der Waals surface area contributed by atoms with E-state index in [1.807, 2.05) is 30.3 Å². The van der Waals surface area contributed by atoms with E-state index in [9.17, 15) is 4.79 Å². The number of furan rings is 1. The highest BCUT2D eigenvalue weighted by atomic mass is 79.9. The molecular weight excluding hydrogens is 344 g/mol. The van der Waals surface area contributed by atoms with Gasteiger partial charge in [-0.15, -0.1) is 0 Å². The van der Waals surface area contributed by atoms with Gasteiger partial charge in [-0.25, -0.2) is 0 Å². The number of nitrogens with zero attached hydrogens (tertiary/aromatic N) is 1. The molecule has 5 heteroatoms. The lowest BCUT2D eigenvalue weighted by atomic mass is 10.1. The summed E-state index contributed by atoms with van der Waals surface area (Å²) in [5, 5.41) is 2.88. The van der Waals surface area contributed by atoms with Crippen molar-refractivity contribution in [3.8, 4) is 11.1 Å². The van der Waals surface area contributed by atoms with Crippen molar-refractivity contribution in [1.82, 2.24) is 10.3 Å². The SMILES string of the molecule is O=C(NCc1ccc(-c2ccoc2)cc1)c1cncc(Br)c1.